The summed E-state index contributed by atoms with van der Waals surface area (Å²) < 4.78 is 1.29. The van der Waals surface area contributed by atoms with Gasteiger partial charge in [-0.05, 0) is 18.4 Å². The third-order valence-electron chi connectivity index (χ3n) is 3.53. The highest BCUT2D eigenvalue weighted by Gasteiger charge is 2.13. The summed E-state index contributed by atoms with van der Waals surface area (Å²) >= 11 is 1.31. The van der Waals surface area contributed by atoms with E-state index in [9.17, 15) is 9.90 Å². The average molecular weight is 330 g/mol. The van der Waals surface area contributed by atoms with Gasteiger partial charge in [0, 0.05) is 11.8 Å². The van der Waals surface area contributed by atoms with Gasteiger partial charge < -0.3 is 10.4 Å². The highest BCUT2D eigenvalue weighted by atomic mass is 32.1. The zero-order chi connectivity index (χ0) is 16.2. The number of benzene rings is 1. The van der Waals surface area contributed by atoms with E-state index in [1.165, 1.54) is 21.9 Å². The van der Waals surface area contributed by atoms with Gasteiger partial charge in [0.05, 0.1) is 12.6 Å². The number of hydrogen-bond donors (Lipinski definition) is 2. The first-order valence-electron chi connectivity index (χ1n) is 7.50. The summed E-state index contributed by atoms with van der Waals surface area (Å²) in [4.78, 5) is 17.0. The second-order valence-corrected chi connectivity index (χ2v) is 6.21. The lowest BCUT2D eigenvalue weighted by Gasteiger charge is -2.14. The molecular weight excluding hydrogens is 312 g/mol. The molecule has 0 aliphatic heterocycles. The van der Waals surface area contributed by atoms with E-state index >= 15 is 0 Å². The van der Waals surface area contributed by atoms with Gasteiger partial charge in [-0.2, -0.15) is 4.52 Å². The average Bonchev–Trinajstić information content (AvgIpc) is 2.98. The van der Waals surface area contributed by atoms with Gasteiger partial charge in [-0.3, -0.25) is 4.79 Å². The van der Waals surface area contributed by atoms with E-state index in [1.807, 2.05) is 37.3 Å². The van der Waals surface area contributed by atoms with E-state index in [0.29, 0.717) is 22.9 Å². The number of aromatic nitrogens is 3. The van der Waals surface area contributed by atoms with Crippen LogP contribution < -0.4 is 10.9 Å². The third kappa shape index (κ3) is 3.57. The molecule has 0 bridgehead atoms. The maximum absolute atomic E-state index is 12.0. The van der Waals surface area contributed by atoms with Crippen LogP contribution in [0.4, 0.5) is 5.13 Å². The molecule has 23 heavy (non-hydrogen) atoms. The fourth-order valence-corrected chi connectivity index (χ4v) is 3.23. The molecule has 0 saturated heterocycles. The predicted octanol–water partition coefficient (Wildman–Crippen LogP) is 1.73. The third-order valence-corrected chi connectivity index (χ3v) is 4.37. The van der Waals surface area contributed by atoms with E-state index in [0.717, 1.165) is 11.3 Å². The monoisotopic (exact) mass is 330 g/mol. The van der Waals surface area contributed by atoms with E-state index in [-0.39, 0.29) is 18.2 Å². The van der Waals surface area contributed by atoms with E-state index in [1.54, 1.807) is 0 Å². The van der Waals surface area contributed by atoms with Crippen molar-refractivity contribution in [1.82, 2.24) is 14.6 Å². The summed E-state index contributed by atoms with van der Waals surface area (Å²) in [5.41, 5.74) is 1.71. The Morgan fingerprint density at radius 3 is 2.83 bits per heavy atom. The molecule has 7 heteroatoms. The van der Waals surface area contributed by atoms with Gasteiger partial charge in [0.2, 0.25) is 10.1 Å². The Labute approximate surface area is 137 Å². The smallest absolute Gasteiger partial charge is 0.275 e. The minimum absolute atomic E-state index is 0.0205. The Morgan fingerprint density at radius 2 is 2.13 bits per heavy atom. The van der Waals surface area contributed by atoms with Crippen molar-refractivity contribution in [1.29, 1.82) is 0 Å². The molecule has 2 aromatic heterocycles. The molecular formula is C16H18N4O2S. The number of rotatable bonds is 6. The van der Waals surface area contributed by atoms with Crippen molar-refractivity contribution in [2.24, 2.45) is 0 Å². The molecule has 0 aliphatic rings. The Bertz CT molecular complexity index is 844. The molecule has 0 radical (unpaired) electrons. The van der Waals surface area contributed by atoms with Crippen LogP contribution >= 0.6 is 11.3 Å². The SMILES string of the molecule is CCc1cc(=O)n2nc(NC(CO)Cc3ccccc3)sc2n1. The quantitative estimate of drug-likeness (QED) is 0.719. The topological polar surface area (TPSA) is 79.5 Å². The number of aliphatic hydroxyl groups is 1. The molecule has 3 aromatic rings. The zero-order valence-corrected chi connectivity index (χ0v) is 13.6. The lowest BCUT2D eigenvalue weighted by Crippen LogP contribution is -2.26. The van der Waals surface area contributed by atoms with Crippen LogP contribution in [0.3, 0.4) is 0 Å². The fraction of sp³-hybridized carbons (Fsp3) is 0.312. The summed E-state index contributed by atoms with van der Waals surface area (Å²) in [5, 5.41) is 17.6. The lowest BCUT2D eigenvalue weighted by atomic mass is 10.1. The van der Waals surface area contributed by atoms with E-state index < -0.39 is 0 Å². The number of fused-ring (bicyclic) bond motifs is 1. The van der Waals surface area contributed by atoms with Crippen molar-refractivity contribution >= 4 is 21.4 Å². The van der Waals surface area contributed by atoms with Crippen molar-refractivity contribution < 1.29 is 5.11 Å². The Kier molecular flexibility index (Phi) is 4.68. The van der Waals surface area contributed by atoms with Crippen LogP contribution in [-0.2, 0) is 12.8 Å². The van der Waals surface area contributed by atoms with Crippen molar-refractivity contribution in [3.8, 4) is 0 Å². The van der Waals surface area contributed by atoms with Crippen molar-refractivity contribution in [3.05, 3.63) is 58.0 Å². The van der Waals surface area contributed by atoms with Crippen molar-refractivity contribution in [2.75, 3.05) is 11.9 Å². The highest BCUT2D eigenvalue weighted by Crippen LogP contribution is 2.18. The Hall–Kier alpha value is -2.25. The van der Waals surface area contributed by atoms with Gasteiger partial charge in [-0.1, -0.05) is 48.6 Å². The first-order valence-corrected chi connectivity index (χ1v) is 8.32. The highest BCUT2D eigenvalue weighted by molar-refractivity contribution is 7.20. The van der Waals surface area contributed by atoms with Crippen molar-refractivity contribution in [3.63, 3.8) is 0 Å². The van der Waals surface area contributed by atoms with Gasteiger partial charge in [0.1, 0.15) is 0 Å². The zero-order valence-electron chi connectivity index (χ0n) is 12.8. The normalized spacial score (nSPS) is 12.4. The Balaban J connectivity index is 1.82. The molecule has 6 nitrogen and oxygen atoms in total. The van der Waals surface area contributed by atoms with Gasteiger partial charge in [-0.15, -0.1) is 5.10 Å². The van der Waals surface area contributed by atoms with Crippen LogP contribution in [0.2, 0.25) is 0 Å². The predicted molar refractivity (Wildman–Crippen MR) is 91.2 cm³/mol. The molecule has 1 aromatic carbocycles. The molecule has 1 unspecified atom stereocenters. The van der Waals surface area contributed by atoms with Gasteiger partial charge in [-0.25, -0.2) is 4.98 Å². The van der Waals surface area contributed by atoms with Crippen LogP contribution in [0.1, 0.15) is 18.2 Å². The maximum Gasteiger partial charge on any atom is 0.275 e. The number of hydrogen-bond acceptors (Lipinski definition) is 6. The molecule has 0 aliphatic carbocycles. The molecule has 3 rings (SSSR count). The number of aryl methyl sites for hydroxylation is 1. The maximum atomic E-state index is 12.0. The van der Waals surface area contributed by atoms with Crippen LogP contribution in [0.15, 0.2) is 41.2 Å². The number of anilines is 1. The second-order valence-electron chi connectivity index (χ2n) is 5.25. The summed E-state index contributed by atoms with van der Waals surface area (Å²) in [5.74, 6) is 0. The number of nitrogens with zero attached hydrogens (tertiary/aromatic N) is 3. The molecule has 120 valence electrons. The first kappa shape index (κ1) is 15.6. The molecule has 0 saturated carbocycles. The van der Waals surface area contributed by atoms with E-state index in [4.69, 9.17) is 0 Å². The van der Waals surface area contributed by atoms with Crippen LogP contribution in [0.5, 0.6) is 0 Å². The minimum Gasteiger partial charge on any atom is -0.394 e. The van der Waals surface area contributed by atoms with Crippen LogP contribution in [-0.4, -0.2) is 32.4 Å². The second kappa shape index (κ2) is 6.89. The van der Waals surface area contributed by atoms with Crippen LogP contribution in [0.25, 0.3) is 4.96 Å². The first-order chi connectivity index (χ1) is 11.2. The summed E-state index contributed by atoms with van der Waals surface area (Å²) in [6.07, 6.45) is 1.38. The standard InChI is InChI=1S/C16H18N4O2S/c1-2-12-9-14(22)20-16(18-12)23-15(19-20)17-13(10-21)8-11-6-4-3-5-7-11/h3-7,9,13,21H,2,8,10H2,1H3,(H,17,19). The molecule has 1 atom stereocenters. The van der Waals surface area contributed by atoms with Gasteiger partial charge >= 0.3 is 0 Å². The van der Waals surface area contributed by atoms with E-state index in [2.05, 4.69) is 15.4 Å². The largest absolute Gasteiger partial charge is 0.394 e. The number of nitrogens with one attached hydrogen (secondary N) is 1. The van der Waals surface area contributed by atoms with Gasteiger partial charge in [0.15, 0.2) is 0 Å². The summed E-state index contributed by atoms with van der Waals surface area (Å²) in [6, 6.07) is 11.3. The van der Waals surface area contributed by atoms with Gasteiger partial charge in [0.25, 0.3) is 5.56 Å². The number of aliphatic hydroxyl groups excluding tert-OH is 1. The lowest BCUT2D eigenvalue weighted by molar-refractivity contribution is 0.273. The molecule has 2 N–H and O–H groups in total. The van der Waals surface area contributed by atoms with Crippen molar-refractivity contribution in [2.45, 2.75) is 25.8 Å². The molecule has 0 spiro atoms. The molecule has 2 heterocycles. The fourth-order valence-electron chi connectivity index (χ4n) is 2.33. The molecule has 0 amide bonds. The Morgan fingerprint density at radius 1 is 1.35 bits per heavy atom. The summed E-state index contributed by atoms with van der Waals surface area (Å²) in [7, 11) is 0. The summed E-state index contributed by atoms with van der Waals surface area (Å²) in [6.45, 7) is 1.94. The minimum atomic E-state index is -0.181. The van der Waals surface area contributed by atoms with Crippen LogP contribution in [0, 0.1) is 0 Å². The molecule has 0 fully saturated rings.